The van der Waals surface area contributed by atoms with E-state index < -0.39 is 109 Å². The molecule has 1 aromatic carbocycles. The van der Waals surface area contributed by atoms with Crippen molar-refractivity contribution in [1.29, 1.82) is 0 Å². The van der Waals surface area contributed by atoms with E-state index in [0.29, 0.717) is 11.9 Å². The second-order valence-corrected chi connectivity index (χ2v) is 13.4. The monoisotopic (exact) mass is 777 g/mol. The van der Waals surface area contributed by atoms with E-state index >= 15 is 0 Å². The number of amides is 7. The molecular formula is C33H47N9O11S. The molecule has 3 rings (SSSR count). The Bertz CT molecular complexity index is 1740. The first-order chi connectivity index (χ1) is 25.4. The third kappa shape index (κ3) is 11.8. The molecule has 1 saturated heterocycles. The number of aliphatic hydroxyl groups is 1. The summed E-state index contributed by atoms with van der Waals surface area (Å²) in [6.07, 6.45) is 0.146. The van der Waals surface area contributed by atoms with E-state index in [0.717, 1.165) is 15.8 Å². The van der Waals surface area contributed by atoms with E-state index in [1.807, 2.05) is 0 Å². The van der Waals surface area contributed by atoms with Crippen LogP contribution in [0.2, 0.25) is 0 Å². The first kappa shape index (κ1) is 43.0. The lowest BCUT2D eigenvalue weighted by Gasteiger charge is -2.28. The molecule has 1 fully saturated rings. The molecule has 13 N–H and O–H groups in total. The maximum absolute atomic E-state index is 13.1. The molecule has 2 aromatic rings. The second kappa shape index (κ2) is 19.6. The number of β-amino-alcohol motifs (C(OH)–C–C–N with tert-alkyl or cyclic N) is 1. The molecule has 0 aliphatic carbocycles. The molecule has 20 nitrogen and oxygen atoms in total. The van der Waals surface area contributed by atoms with Gasteiger partial charge in [-0.15, -0.1) is 0 Å². The lowest BCUT2D eigenvalue weighted by molar-refractivity contribution is -0.149. The number of nitrogens with zero attached hydrogens (tertiary/aromatic N) is 1. The van der Waals surface area contributed by atoms with Crippen molar-refractivity contribution < 1.29 is 53.7 Å². The fraction of sp³-hybridized carbons (Fsp3) is 0.515. The van der Waals surface area contributed by atoms with E-state index in [4.69, 9.17) is 11.5 Å². The lowest BCUT2D eigenvalue weighted by atomic mass is 9.98. The van der Waals surface area contributed by atoms with Gasteiger partial charge in [-0.25, -0.2) is 4.79 Å². The van der Waals surface area contributed by atoms with Crippen LogP contribution in [-0.4, -0.2) is 134 Å². The predicted molar refractivity (Wildman–Crippen MR) is 194 cm³/mol. The van der Waals surface area contributed by atoms with E-state index in [9.17, 15) is 53.7 Å². The second-order valence-electron chi connectivity index (χ2n) is 13.0. The molecule has 296 valence electrons. The van der Waals surface area contributed by atoms with Crippen molar-refractivity contribution in [2.45, 2.75) is 75.8 Å². The van der Waals surface area contributed by atoms with Gasteiger partial charge in [0.15, 0.2) is 0 Å². The zero-order chi connectivity index (χ0) is 40.3. The summed E-state index contributed by atoms with van der Waals surface area (Å²) >= 11 is 4.06. The number of hydrogen-bond donors (Lipinski definition) is 12. The molecule has 1 aliphatic rings. The number of nitrogens with one attached hydrogen (secondary N) is 6. The topological polar surface area (TPSA) is 328 Å². The lowest BCUT2D eigenvalue weighted by Crippen LogP contribution is -2.58. The number of nitrogens with two attached hydrogens (primary N) is 2. The Hall–Kier alpha value is -5.41. The summed E-state index contributed by atoms with van der Waals surface area (Å²) in [6.45, 7) is 1.97. The van der Waals surface area contributed by atoms with Crippen LogP contribution in [0.4, 0.5) is 0 Å². The SMILES string of the molecule is CC[C@H](C)[C@H](NC(=O)CNC(=O)[C@@H](N)Cc1c[nH]c2cc(O)ccc12)C(=O)NCC(=O)N[C@@H](CS)C(=O)N[C@@H](CC(N)=O)C(=O)N1C[C@H](O)C[C@H]1C(=O)O. The molecule has 0 bridgehead atoms. The minimum absolute atomic E-state index is 0.0728. The molecule has 0 spiro atoms. The van der Waals surface area contributed by atoms with Crippen LogP contribution in [0.1, 0.15) is 38.7 Å². The maximum Gasteiger partial charge on any atom is 0.326 e. The Balaban J connectivity index is 1.52. The van der Waals surface area contributed by atoms with Gasteiger partial charge < -0.3 is 63.3 Å². The van der Waals surface area contributed by atoms with Crippen LogP contribution < -0.4 is 38.1 Å². The van der Waals surface area contributed by atoms with E-state index in [1.165, 1.54) is 12.1 Å². The van der Waals surface area contributed by atoms with Crippen LogP contribution in [-0.2, 0) is 44.8 Å². The van der Waals surface area contributed by atoms with Gasteiger partial charge in [-0.1, -0.05) is 20.3 Å². The number of rotatable bonds is 19. The van der Waals surface area contributed by atoms with Crippen LogP contribution in [0.3, 0.4) is 0 Å². The number of carboxylic acid groups (broad SMARTS) is 1. The van der Waals surface area contributed by atoms with Gasteiger partial charge >= 0.3 is 5.97 Å². The summed E-state index contributed by atoms with van der Waals surface area (Å²) in [5.41, 5.74) is 12.7. The number of H-pyrrole nitrogens is 1. The Morgan fingerprint density at radius 3 is 2.24 bits per heavy atom. The van der Waals surface area contributed by atoms with Gasteiger partial charge in [0.05, 0.1) is 31.7 Å². The number of carboxylic acids is 1. The molecule has 0 unspecified atom stereocenters. The normalized spacial score (nSPS) is 18.1. The summed E-state index contributed by atoms with van der Waals surface area (Å²) in [4.78, 5) is 105. The zero-order valence-corrected chi connectivity index (χ0v) is 30.6. The number of phenolic OH excluding ortho intramolecular Hbond substituents is 1. The van der Waals surface area contributed by atoms with Crippen molar-refractivity contribution in [2.24, 2.45) is 17.4 Å². The fourth-order valence-electron chi connectivity index (χ4n) is 5.78. The number of carbonyl (C=O) groups excluding carboxylic acids is 7. The van der Waals surface area contributed by atoms with Gasteiger partial charge in [0, 0.05) is 41.9 Å². The van der Waals surface area contributed by atoms with Gasteiger partial charge in [0.1, 0.15) is 29.9 Å². The van der Waals surface area contributed by atoms with Gasteiger partial charge in [-0.3, -0.25) is 33.6 Å². The smallest absolute Gasteiger partial charge is 0.326 e. The third-order valence-corrected chi connectivity index (χ3v) is 9.25. The molecule has 1 aliphatic heterocycles. The Labute approximate surface area is 314 Å². The molecule has 7 amide bonds. The highest BCUT2D eigenvalue weighted by molar-refractivity contribution is 7.80. The summed E-state index contributed by atoms with van der Waals surface area (Å²) in [5, 5.41) is 41.8. The first-order valence-electron chi connectivity index (χ1n) is 17.0. The molecular weight excluding hydrogens is 730 g/mol. The molecule has 2 heterocycles. The number of phenols is 1. The molecule has 54 heavy (non-hydrogen) atoms. The number of carbonyl (C=O) groups is 8. The third-order valence-electron chi connectivity index (χ3n) is 8.89. The number of aromatic amines is 1. The van der Waals surface area contributed by atoms with Crippen molar-refractivity contribution in [1.82, 2.24) is 36.5 Å². The highest BCUT2D eigenvalue weighted by Crippen LogP contribution is 2.23. The number of thiol groups is 1. The van der Waals surface area contributed by atoms with Crippen molar-refractivity contribution >= 4 is 70.9 Å². The highest BCUT2D eigenvalue weighted by Gasteiger charge is 2.42. The van der Waals surface area contributed by atoms with Crippen molar-refractivity contribution in [3.63, 3.8) is 0 Å². The highest BCUT2D eigenvalue weighted by atomic mass is 32.1. The van der Waals surface area contributed by atoms with Crippen molar-refractivity contribution in [2.75, 3.05) is 25.4 Å². The Morgan fingerprint density at radius 1 is 0.981 bits per heavy atom. The minimum atomic E-state index is -1.61. The van der Waals surface area contributed by atoms with Gasteiger partial charge in [0.25, 0.3) is 0 Å². The largest absolute Gasteiger partial charge is 0.508 e. The number of hydrogen-bond acceptors (Lipinski definition) is 12. The molecule has 0 saturated carbocycles. The predicted octanol–water partition coefficient (Wildman–Crippen LogP) is -3.67. The molecule has 7 atom stereocenters. The molecule has 21 heteroatoms. The Morgan fingerprint density at radius 2 is 1.63 bits per heavy atom. The molecule has 1 aromatic heterocycles. The van der Waals surface area contributed by atoms with Crippen LogP contribution in [0.15, 0.2) is 24.4 Å². The first-order valence-corrected chi connectivity index (χ1v) is 17.7. The number of benzene rings is 1. The number of aromatic hydroxyl groups is 1. The van der Waals surface area contributed by atoms with Crippen LogP contribution in [0.25, 0.3) is 10.9 Å². The van der Waals surface area contributed by atoms with Gasteiger partial charge in [0.2, 0.25) is 41.4 Å². The van der Waals surface area contributed by atoms with E-state index in [1.54, 1.807) is 26.1 Å². The number of aromatic nitrogens is 1. The number of aliphatic carboxylic acids is 1. The van der Waals surface area contributed by atoms with E-state index in [-0.39, 0.29) is 30.9 Å². The average molecular weight is 778 g/mol. The summed E-state index contributed by atoms with van der Waals surface area (Å²) in [5.74, 6) is -7.87. The summed E-state index contributed by atoms with van der Waals surface area (Å²) in [6, 6.07) is -1.81. The summed E-state index contributed by atoms with van der Waals surface area (Å²) < 4.78 is 0. The number of aliphatic hydroxyl groups excluding tert-OH is 1. The van der Waals surface area contributed by atoms with Crippen molar-refractivity contribution in [3.8, 4) is 5.75 Å². The van der Waals surface area contributed by atoms with E-state index in [2.05, 4.69) is 44.2 Å². The van der Waals surface area contributed by atoms with Gasteiger partial charge in [-0.05, 0) is 30.0 Å². The Kier molecular flexibility index (Phi) is 15.6. The summed E-state index contributed by atoms with van der Waals surface area (Å²) in [7, 11) is 0. The quantitative estimate of drug-likeness (QED) is 0.0614. The number of likely N-dealkylation sites (tertiary alicyclic amines) is 1. The van der Waals surface area contributed by atoms with Crippen LogP contribution in [0, 0.1) is 5.92 Å². The number of primary amides is 1. The van der Waals surface area contributed by atoms with Gasteiger partial charge in [-0.2, -0.15) is 12.6 Å². The maximum atomic E-state index is 13.1. The fourth-order valence-corrected chi connectivity index (χ4v) is 6.04. The van der Waals surface area contributed by atoms with Crippen LogP contribution in [0.5, 0.6) is 5.75 Å². The number of fused-ring (bicyclic) bond motifs is 1. The van der Waals surface area contributed by atoms with Crippen LogP contribution >= 0.6 is 12.6 Å². The average Bonchev–Trinajstić information content (AvgIpc) is 3.71. The molecule has 0 radical (unpaired) electrons. The van der Waals surface area contributed by atoms with Crippen molar-refractivity contribution in [3.05, 3.63) is 30.0 Å². The standard InChI is InChI=1S/C33H47N9O11S/c1-3-15(2)28(41-27(47)12-37-29(48)20(34)6-16-10-36-21-7-17(43)4-5-19(16)21)31(50)38-11-26(46)39-23(14-54)30(49)40-22(9-25(35)45)32(51)42-13-18(44)8-24(42)33(52)53/h4-5,7,10,15,18,20,22-24,28,36,43-44,54H,3,6,8-9,11-14,34H2,1-2H3,(H2,35,45)(H,37,48)(H,38,50)(H,39,46)(H,40,49)(H,41,47)(H,52,53)/t15-,18+,20-,22-,23-,24-,28-/m0/s1. The zero-order valence-electron chi connectivity index (χ0n) is 29.7. The minimum Gasteiger partial charge on any atom is -0.508 e.